The number of aliphatic hydroxyl groups excluding tert-OH is 1. The first kappa shape index (κ1) is 22.9. The first-order chi connectivity index (χ1) is 15.4. The van der Waals surface area contributed by atoms with Gasteiger partial charge >= 0.3 is 0 Å². The zero-order chi connectivity index (χ0) is 23.1. The number of carbonyl (C=O) groups is 1. The molecule has 1 aliphatic carbocycles. The Kier molecular flexibility index (Phi) is 7.18. The van der Waals surface area contributed by atoms with Crippen LogP contribution in [0.4, 0.5) is 0 Å². The Labute approximate surface area is 186 Å². The number of hydrogen-bond acceptors (Lipinski definition) is 6. The van der Waals surface area contributed by atoms with E-state index in [9.17, 15) is 18.3 Å². The number of hydrogen-bond donors (Lipinski definition) is 1. The minimum absolute atomic E-state index is 0.0543. The van der Waals surface area contributed by atoms with Crippen molar-refractivity contribution in [3.63, 3.8) is 0 Å². The number of rotatable bonds is 7. The summed E-state index contributed by atoms with van der Waals surface area (Å²) in [6.45, 7) is -0.554. The number of aliphatic hydroxyl groups is 1. The fourth-order valence-corrected chi connectivity index (χ4v) is 4.32. The van der Waals surface area contributed by atoms with Gasteiger partial charge in [-0.25, -0.2) is 8.42 Å². The molecule has 2 aromatic carbocycles. The van der Waals surface area contributed by atoms with Crippen LogP contribution < -0.4 is 0 Å². The Balaban J connectivity index is 1.99. The van der Waals surface area contributed by atoms with Gasteiger partial charge in [0.15, 0.2) is 0 Å². The third-order valence-corrected chi connectivity index (χ3v) is 6.36. The molecule has 0 unspecified atom stereocenters. The van der Waals surface area contributed by atoms with E-state index in [4.69, 9.17) is 9.47 Å². The van der Waals surface area contributed by atoms with Crippen LogP contribution in [-0.4, -0.2) is 50.9 Å². The van der Waals surface area contributed by atoms with Crippen molar-refractivity contribution in [2.75, 3.05) is 27.3 Å². The van der Waals surface area contributed by atoms with E-state index in [1.165, 1.54) is 26.4 Å². The molecule has 2 aromatic rings. The highest BCUT2D eigenvalue weighted by atomic mass is 32.2. The Morgan fingerprint density at radius 2 is 1.56 bits per heavy atom. The zero-order valence-electron chi connectivity index (χ0n) is 17.5. The number of carbonyl (C=O) groups excluding carboxylic acids is 1. The molecule has 0 saturated heterocycles. The first-order valence-corrected chi connectivity index (χ1v) is 11.0. The molecule has 8 heteroatoms. The van der Waals surface area contributed by atoms with Crippen LogP contribution in [0.5, 0.6) is 0 Å². The summed E-state index contributed by atoms with van der Waals surface area (Å²) in [5.74, 6) is 4.28. The van der Waals surface area contributed by atoms with Crippen LogP contribution in [0.3, 0.4) is 0 Å². The molecular formula is C24H21NO6S. The number of methoxy groups -OCH3 is 2. The van der Waals surface area contributed by atoms with E-state index < -0.39 is 21.6 Å². The van der Waals surface area contributed by atoms with Gasteiger partial charge in [-0.15, -0.1) is 0 Å². The number of benzene rings is 2. The average Bonchev–Trinajstić information content (AvgIpc) is 2.81. The molecule has 0 fully saturated rings. The highest BCUT2D eigenvalue weighted by Crippen LogP contribution is 2.24. The van der Waals surface area contributed by atoms with E-state index in [2.05, 4.69) is 17.6 Å². The maximum Gasteiger partial charge on any atom is 0.244 e. The minimum Gasteiger partial charge on any atom is -0.498 e. The van der Waals surface area contributed by atoms with Crippen LogP contribution in [0.1, 0.15) is 5.56 Å². The fraction of sp³-hybridized carbons (Fsp3) is 0.167. The van der Waals surface area contributed by atoms with Crippen molar-refractivity contribution in [1.82, 2.24) is 4.31 Å². The van der Waals surface area contributed by atoms with E-state index in [0.717, 1.165) is 9.87 Å². The normalized spacial score (nSPS) is 13.8. The number of nitrogens with zero attached hydrogens (tertiary/aromatic N) is 1. The Morgan fingerprint density at radius 1 is 0.969 bits per heavy atom. The molecule has 164 valence electrons. The van der Waals surface area contributed by atoms with Gasteiger partial charge in [0.2, 0.25) is 33.1 Å². The number of sulfonamides is 1. The Morgan fingerprint density at radius 3 is 2.16 bits per heavy atom. The molecule has 0 bridgehead atoms. The lowest BCUT2D eigenvalue weighted by molar-refractivity contribution is -0.115. The predicted molar refractivity (Wildman–Crippen MR) is 118 cm³/mol. The third kappa shape index (κ3) is 4.93. The van der Waals surface area contributed by atoms with Gasteiger partial charge in [0.05, 0.1) is 37.8 Å². The fourth-order valence-electron chi connectivity index (χ4n) is 2.99. The second kappa shape index (κ2) is 10.0. The number of ether oxygens (including phenoxy) is 2. The van der Waals surface area contributed by atoms with Crippen molar-refractivity contribution in [3.8, 4) is 11.8 Å². The summed E-state index contributed by atoms with van der Waals surface area (Å²) < 4.78 is 37.7. The van der Waals surface area contributed by atoms with Crippen LogP contribution in [0.25, 0.3) is 0 Å². The molecule has 0 saturated carbocycles. The van der Waals surface area contributed by atoms with E-state index >= 15 is 0 Å². The van der Waals surface area contributed by atoms with Crippen molar-refractivity contribution in [2.24, 2.45) is 0 Å². The van der Waals surface area contributed by atoms with Crippen molar-refractivity contribution in [3.05, 3.63) is 94.8 Å². The van der Waals surface area contributed by atoms with Crippen LogP contribution in [-0.2, 0) is 24.3 Å². The topological polar surface area (TPSA) is 93.1 Å². The lowest BCUT2D eigenvalue weighted by atomic mass is 10.0. The molecule has 3 rings (SSSR count). The van der Waals surface area contributed by atoms with Gasteiger partial charge in [-0.1, -0.05) is 54.0 Å². The molecule has 1 aliphatic rings. The van der Waals surface area contributed by atoms with Gasteiger partial charge in [-0.3, -0.25) is 4.79 Å². The van der Waals surface area contributed by atoms with Gasteiger partial charge in [-0.2, -0.15) is 4.31 Å². The second-order valence-corrected chi connectivity index (χ2v) is 8.54. The SMILES string of the molecule is COC1=C(OC)C(O)=C=C(CN(CC#Cc2ccccc2)S(=O)(=O)c2ccccc2)C1=O. The summed E-state index contributed by atoms with van der Waals surface area (Å²) in [4.78, 5) is 12.9. The zero-order valence-corrected chi connectivity index (χ0v) is 18.3. The molecule has 0 aliphatic heterocycles. The monoisotopic (exact) mass is 451 g/mol. The van der Waals surface area contributed by atoms with Crippen LogP contribution in [0, 0.1) is 11.8 Å². The molecule has 0 amide bonds. The number of ketones is 1. The van der Waals surface area contributed by atoms with E-state index in [1.807, 2.05) is 18.2 Å². The summed E-state index contributed by atoms with van der Waals surface area (Å²) in [5, 5.41) is 10.2. The van der Waals surface area contributed by atoms with Crippen LogP contribution in [0.15, 0.2) is 94.1 Å². The number of allylic oxidation sites excluding steroid dienone is 1. The van der Waals surface area contributed by atoms with Gasteiger partial charge in [0.25, 0.3) is 0 Å². The molecule has 0 heterocycles. The Hall–Kier alpha value is -3.76. The first-order valence-electron chi connectivity index (χ1n) is 9.53. The van der Waals surface area contributed by atoms with Crippen molar-refractivity contribution in [1.29, 1.82) is 0 Å². The summed E-state index contributed by atoms with van der Waals surface area (Å²) in [5.41, 5.74) is 3.15. The lowest BCUT2D eigenvalue weighted by Crippen LogP contribution is -2.35. The molecule has 0 aromatic heterocycles. The second-order valence-electron chi connectivity index (χ2n) is 6.60. The van der Waals surface area contributed by atoms with Crippen molar-refractivity contribution >= 4 is 15.8 Å². The van der Waals surface area contributed by atoms with Gasteiger partial charge < -0.3 is 14.6 Å². The largest absolute Gasteiger partial charge is 0.498 e. The van der Waals surface area contributed by atoms with Gasteiger partial charge in [-0.05, 0) is 24.3 Å². The molecule has 7 nitrogen and oxygen atoms in total. The summed E-state index contributed by atoms with van der Waals surface area (Å²) in [7, 11) is -1.47. The highest BCUT2D eigenvalue weighted by Gasteiger charge is 2.32. The molecule has 0 radical (unpaired) electrons. The smallest absolute Gasteiger partial charge is 0.244 e. The van der Waals surface area contributed by atoms with E-state index in [0.29, 0.717) is 0 Å². The van der Waals surface area contributed by atoms with Gasteiger partial charge in [0.1, 0.15) is 0 Å². The maximum absolute atomic E-state index is 13.3. The molecule has 1 N–H and O–H groups in total. The van der Waals surface area contributed by atoms with Crippen LogP contribution >= 0.6 is 0 Å². The average molecular weight is 452 g/mol. The van der Waals surface area contributed by atoms with Crippen LogP contribution in [0.2, 0.25) is 0 Å². The standard InChI is InChI=1S/C24H21NO6S/c1-30-23-21(26)16-19(22(27)24(23)31-2)17-25(15-9-12-18-10-5-3-6-11-18)32(28,29)20-13-7-4-8-14-20/h3-8,10-11,13-14,26H,15,17H2,1-2H3. The molecular weight excluding hydrogens is 430 g/mol. The number of Topliss-reactive ketones (excluding diaryl/α,β-unsaturated/α-hetero) is 1. The summed E-state index contributed by atoms with van der Waals surface area (Å²) >= 11 is 0. The van der Waals surface area contributed by atoms with Gasteiger partial charge in [0, 0.05) is 5.56 Å². The van der Waals surface area contributed by atoms with E-state index in [-0.39, 0.29) is 35.1 Å². The quantitative estimate of drug-likeness (QED) is 0.514. The highest BCUT2D eigenvalue weighted by molar-refractivity contribution is 7.89. The third-order valence-electron chi connectivity index (χ3n) is 4.56. The van der Waals surface area contributed by atoms with Crippen molar-refractivity contribution < 1.29 is 27.8 Å². The maximum atomic E-state index is 13.3. The Bertz CT molecular complexity index is 1260. The lowest BCUT2D eigenvalue weighted by Gasteiger charge is -2.22. The summed E-state index contributed by atoms with van der Waals surface area (Å²) in [6, 6.07) is 16.9. The minimum atomic E-state index is -4.00. The molecule has 0 atom stereocenters. The predicted octanol–water partition coefficient (Wildman–Crippen LogP) is 2.78. The summed E-state index contributed by atoms with van der Waals surface area (Å²) in [6.07, 6.45) is 0. The van der Waals surface area contributed by atoms with E-state index in [1.54, 1.807) is 30.3 Å². The van der Waals surface area contributed by atoms with Crippen molar-refractivity contribution in [2.45, 2.75) is 4.90 Å². The molecule has 0 spiro atoms. The molecule has 32 heavy (non-hydrogen) atoms.